The molecule has 0 bridgehead atoms. The molecule has 144 valence electrons. The van der Waals surface area contributed by atoms with Crippen molar-refractivity contribution in [3.8, 4) is 11.5 Å². The number of aliphatic hydroxyl groups excluding tert-OH is 1. The summed E-state index contributed by atoms with van der Waals surface area (Å²) in [6.07, 6.45) is 1.79. The number of benzene rings is 2. The van der Waals surface area contributed by atoms with Crippen LogP contribution in [0.4, 0.5) is 5.69 Å². The maximum Gasteiger partial charge on any atom is 0.344 e. The molecule has 3 rings (SSSR count). The molecule has 0 amide bonds. The van der Waals surface area contributed by atoms with Gasteiger partial charge in [0.2, 0.25) is 0 Å². The zero-order valence-electron chi connectivity index (χ0n) is 15.6. The summed E-state index contributed by atoms with van der Waals surface area (Å²) in [5.74, 6) is 0.280. The van der Waals surface area contributed by atoms with Gasteiger partial charge >= 0.3 is 5.97 Å². The second-order valence-electron chi connectivity index (χ2n) is 5.69. The summed E-state index contributed by atoms with van der Waals surface area (Å²) < 4.78 is 15.3. The van der Waals surface area contributed by atoms with Crippen LogP contribution >= 0.6 is 11.8 Å². The molecular formula is C21H19NO5S. The zero-order valence-corrected chi connectivity index (χ0v) is 16.4. The van der Waals surface area contributed by atoms with Gasteiger partial charge in [-0.1, -0.05) is 42.1 Å². The van der Waals surface area contributed by atoms with Crippen LogP contribution in [0.1, 0.15) is 5.56 Å². The van der Waals surface area contributed by atoms with E-state index >= 15 is 0 Å². The van der Waals surface area contributed by atoms with E-state index in [9.17, 15) is 9.90 Å². The van der Waals surface area contributed by atoms with Crippen LogP contribution in [0.2, 0.25) is 0 Å². The molecule has 7 heteroatoms. The lowest BCUT2D eigenvalue weighted by molar-refractivity contribution is -0.135. The van der Waals surface area contributed by atoms with Crippen molar-refractivity contribution < 1.29 is 24.1 Å². The van der Waals surface area contributed by atoms with Crippen molar-refractivity contribution in [3.63, 3.8) is 0 Å². The van der Waals surface area contributed by atoms with Gasteiger partial charge in [-0.25, -0.2) is 9.79 Å². The van der Waals surface area contributed by atoms with E-state index in [-0.39, 0.29) is 11.3 Å². The van der Waals surface area contributed by atoms with Gasteiger partial charge in [0.25, 0.3) is 0 Å². The number of thioether (sulfide) groups is 1. The molecule has 0 aromatic heterocycles. The predicted molar refractivity (Wildman–Crippen MR) is 110 cm³/mol. The highest BCUT2D eigenvalue weighted by Gasteiger charge is 2.33. The van der Waals surface area contributed by atoms with Gasteiger partial charge < -0.3 is 19.3 Å². The fraction of sp³-hybridized carbons (Fsp3) is 0.143. The molecule has 2 aromatic rings. The molecule has 1 aliphatic rings. The van der Waals surface area contributed by atoms with Gasteiger partial charge in [-0.3, -0.25) is 0 Å². The Morgan fingerprint density at radius 3 is 2.39 bits per heavy atom. The number of hydrogen-bond acceptors (Lipinski definition) is 7. The Bertz CT molecular complexity index is 980. The topological polar surface area (TPSA) is 77.4 Å². The molecule has 0 radical (unpaired) electrons. The number of ether oxygens (including phenoxy) is 3. The number of aliphatic hydroxyl groups is 1. The molecule has 0 spiro atoms. The molecule has 0 atom stereocenters. The van der Waals surface area contributed by atoms with Crippen molar-refractivity contribution in [2.45, 2.75) is 0 Å². The van der Waals surface area contributed by atoms with Crippen molar-refractivity contribution >= 4 is 34.5 Å². The number of rotatable bonds is 5. The van der Waals surface area contributed by atoms with E-state index in [1.165, 1.54) is 26.0 Å². The Morgan fingerprint density at radius 2 is 1.75 bits per heavy atom. The number of carbonyl (C=O) groups is 1. The Labute approximate surface area is 167 Å². The molecule has 0 fully saturated rings. The molecule has 0 saturated heterocycles. The predicted octanol–water partition coefficient (Wildman–Crippen LogP) is 4.51. The third kappa shape index (κ3) is 4.04. The van der Waals surface area contributed by atoms with E-state index in [0.29, 0.717) is 27.1 Å². The quantitative estimate of drug-likeness (QED) is 0.748. The van der Waals surface area contributed by atoms with Crippen LogP contribution in [-0.4, -0.2) is 37.4 Å². The monoisotopic (exact) mass is 397 g/mol. The average Bonchev–Trinajstić information content (AvgIpc) is 3.02. The van der Waals surface area contributed by atoms with Crippen LogP contribution < -0.4 is 9.47 Å². The van der Waals surface area contributed by atoms with E-state index < -0.39 is 5.97 Å². The molecule has 6 nitrogen and oxygen atoms in total. The summed E-state index contributed by atoms with van der Waals surface area (Å²) in [6.45, 7) is 0. The molecule has 1 heterocycles. The summed E-state index contributed by atoms with van der Waals surface area (Å²) >= 11 is 1.20. The standard InChI is InChI=1S/C21H19NO5S/c1-25-15-10-9-14(12-16(15)26-2)22-20-18(21(24)27-3)19(23)17(28-20)11-13-7-5-4-6-8-13/h4-12,23H,1-3H3. The van der Waals surface area contributed by atoms with Gasteiger partial charge in [-0.2, -0.15) is 0 Å². The summed E-state index contributed by atoms with van der Waals surface area (Å²) in [5.41, 5.74) is 1.48. The van der Waals surface area contributed by atoms with E-state index in [4.69, 9.17) is 14.2 Å². The summed E-state index contributed by atoms with van der Waals surface area (Å²) in [5, 5.41) is 11.0. The Hall–Kier alpha value is -3.19. The highest BCUT2D eigenvalue weighted by Crippen LogP contribution is 2.41. The van der Waals surface area contributed by atoms with Gasteiger partial charge in [0.05, 0.1) is 31.9 Å². The molecule has 1 N–H and O–H groups in total. The third-order valence-corrected chi connectivity index (χ3v) is 5.00. The van der Waals surface area contributed by atoms with Crippen molar-refractivity contribution in [3.05, 3.63) is 70.3 Å². The lowest BCUT2D eigenvalue weighted by Crippen LogP contribution is -2.10. The van der Waals surface area contributed by atoms with Crippen LogP contribution in [0, 0.1) is 0 Å². The summed E-state index contributed by atoms with van der Waals surface area (Å²) in [4.78, 5) is 17.3. The van der Waals surface area contributed by atoms with Crippen LogP contribution in [0.25, 0.3) is 6.08 Å². The van der Waals surface area contributed by atoms with Crippen molar-refractivity contribution in [1.82, 2.24) is 0 Å². The molecule has 2 aromatic carbocycles. The van der Waals surface area contributed by atoms with Crippen LogP contribution in [0.3, 0.4) is 0 Å². The maximum atomic E-state index is 12.2. The number of aliphatic imine (C=N–C) groups is 1. The number of methoxy groups -OCH3 is 3. The van der Waals surface area contributed by atoms with Gasteiger partial charge in [0.15, 0.2) is 11.5 Å². The average molecular weight is 397 g/mol. The Kier molecular flexibility index (Phi) is 6.06. The second kappa shape index (κ2) is 8.67. The SMILES string of the molecule is COC(=O)C1=C(O)C(=Cc2ccccc2)SC1=Nc1ccc(OC)c(OC)c1. The van der Waals surface area contributed by atoms with Crippen molar-refractivity contribution in [2.24, 2.45) is 4.99 Å². The minimum absolute atomic E-state index is 0.0319. The first kappa shape index (κ1) is 19.6. The van der Waals surface area contributed by atoms with Crippen molar-refractivity contribution in [1.29, 1.82) is 0 Å². The lowest BCUT2D eigenvalue weighted by Gasteiger charge is -2.08. The zero-order chi connectivity index (χ0) is 20.1. The first-order valence-electron chi connectivity index (χ1n) is 8.35. The van der Waals surface area contributed by atoms with E-state index in [0.717, 1.165) is 5.56 Å². The fourth-order valence-corrected chi connectivity index (χ4v) is 3.64. The van der Waals surface area contributed by atoms with Gasteiger partial charge in [0.1, 0.15) is 16.4 Å². The Morgan fingerprint density at radius 1 is 1.04 bits per heavy atom. The third-order valence-electron chi connectivity index (χ3n) is 3.98. The van der Waals surface area contributed by atoms with Gasteiger partial charge in [0, 0.05) is 6.07 Å². The molecule has 28 heavy (non-hydrogen) atoms. The van der Waals surface area contributed by atoms with E-state index in [1.54, 1.807) is 31.4 Å². The first-order valence-corrected chi connectivity index (χ1v) is 9.16. The first-order chi connectivity index (χ1) is 13.6. The largest absolute Gasteiger partial charge is 0.506 e. The molecule has 0 aliphatic carbocycles. The fourth-order valence-electron chi connectivity index (χ4n) is 2.60. The lowest BCUT2D eigenvalue weighted by atomic mass is 10.1. The van der Waals surface area contributed by atoms with Crippen LogP contribution in [0.15, 0.2) is 69.8 Å². The number of hydrogen-bond donors (Lipinski definition) is 1. The van der Waals surface area contributed by atoms with Gasteiger partial charge in [-0.15, -0.1) is 0 Å². The minimum Gasteiger partial charge on any atom is -0.506 e. The normalized spacial score (nSPS) is 16.5. The molecule has 0 unspecified atom stereocenters. The number of esters is 1. The van der Waals surface area contributed by atoms with Crippen LogP contribution in [-0.2, 0) is 9.53 Å². The molecule has 1 aliphatic heterocycles. The molecular weight excluding hydrogens is 378 g/mol. The second-order valence-corrected chi connectivity index (χ2v) is 6.72. The van der Waals surface area contributed by atoms with Crippen LogP contribution in [0.5, 0.6) is 11.5 Å². The number of nitrogens with zero attached hydrogens (tertiary/aromatic N) is 1. The van der Waals surface area contributed by atoms with E-state index in [1.807, 2.05) is 30.3 Å². The maximum absolute atomic E-state index is 12.2. The molecule has 0 saturated carbocycles. The van der Waals surface area contributed by atoms with Gasteiger partial charge in [-0.05, 0) is 23.8 Å². The van der Waals surface area contributed by atoms with Crippen molar-refractivity contribution in [2.75, 3.05) is 21.3 Å². The summed E-state index contributed by atoms with van der Waals surface area (Å²) in [6, 6.07) is 14.7. The summed E-state index contributed by atoms with van der Waals surface area (Å²) in [7, 11) is 4.35. The highest BCUT2D eigenvalue weighted by atomic mass is 32.2. The Balaban J connectivity index is 2.04. The minimum atomic E-state index is -0.652. The number of carbonyl (C=O) groups excluding carboxylic acids is 1. The smallest absolute Gasteiger partial charge is 0.344 e. The van der Waals surface area contributed by atoms with E-state index in [2.05, 4.69) is 4.99 Å². The highest BCUT2D eigenvalue weighted by molar-refractivity contribution is 8.18.